The van der Waals surface area contributed by atoms with Crippen LogP contribution in [0.15, 0.2) is 43.0 Å². The summed E-state index contributed by atoms with van der Waals surface area (Å²) in [6.45, 7) is 2.42. The van der Waals surface area contributed by atoms with Crippen LogP contribution in [0.5, 0.6) is 0 Å². The van der Waals surface area contributed by atoms with Gasteiger partial charge in [-0.15, -0.1) is 0 Å². The van der Waals surface area contributed by atoms with Crippen molar-refractivity contribution in [3.05, 3.63) is 48.5 Å². The van der Waals surface area contributed by atoms with Crippen LogP contribution in [0.4, 0.5) is 0 Å². The number of benzene rings is 1. The van der Waals surface area contributed by atoms with Gasteiger partial charge in [-0.1, -0.05) is 18.2 Å². The van der Waals surface area contributed by atoms with E-state index in [0.29, 0.717) is 6.54 Å². The third kappa shape index (κ3) is 3.31. The van der Waals surface area contributed by atoms with Crippen molar-refractivity contribution in [3.63, 3.8) is 0 Å². The number of amides is 1. The maximum Gasteiger partial charge on any atom is 0.223 e. The highest BCUT2D eigenvalue weighted by molar-refractivity contribution is 5.78. The Labute approximate surface area is 124 Å². The summed E-state index contributed by atoms with van der Waals surface area (Å²) in [6.07, 6.45) is 7.29. The first-order valence-corrected chi connectivity index (χ1v) is 7.39. The molecule has 5 nitrogen and oxygen atoms in total. The Bertz CT molecular complexity index is 588. The minimum Gasteiger partial charge on any atom is -0.352 e. The van der Waals surface area contributed by atoms with Crippen molar-refractivity contribution in [2.24, 2.45) is 5.92 Å². The van der Waals surface area contributed by atoms with Crippen molar-refractivity contribution in [2.45, 2.75) is 19.4 Å². The third-order valence-electron chi connectivity index (χ3n) is 3.94. The van der Waals surface area contributed by atoms with Gasteiger partial charge in [-0.05, 0) is 37.6 Å². The molecule has 1 aliphatic heterocycles. The van der Waals surface area contributed by atoms with Gasteiger partial charge in [0.05, 0.1) is 12.0 Å². The molecule has 0 unspecified atom stereocenters. The largest absolute Gasteiger partial charge is 0.352 e. The van der Waals surface area contributed by atoms with Gasteiger partial charge in [0.1, 0.15) is 0 Å². The molecule has 1 amide bonds. The molecule has 1 aromatic carbocycles. The van der Waals surface area contributed by atoms with E-state index in [9.17, 15) is 4.79 Å². The lowest BCUT2D eigenvalue weighted by Crippen LogP contribution is -2.38. The molecule has 0 atom stereocenters. The van der Waals surface area contributed by atoms with Crippen molar-refractivity contribution in [1.82, 2.24) is 20.2 Å². The van der Waals surface area contributed by atoms with Gasteiger partial charge in [-0.25, -0.2) is 4.98 Å². The standard InChI is InChI=1S/C16H20N4O/c21-16(13-5-7-17-8-6-13)19-11-14-3-1-2-4-15(14)20-10-9-18-12-20/h1-4,9-10,12-13,17H,5-8,11H2,(H,19,21). The van der Waals surface area contributed by atoms with E-state index in [2.05, 4.69) is 15.6 Å². The van der Waals surface area contributed by atoms with Crippen LogP contribution in [0.3, 0.4) is 0 Å². The first-order valence-electron chi connectivity index (χ1n) is 7.39. The van der Waals surface area contributed by atoms with Crippen LogP contribution >= 0.6 is 0 Å². The molecule has 2 N–H and O–H groups in total. The van der Waals surface area contributed by atoms with E-state index >= 15 is 0 Å². The van der Waals surface area contributed by atoms with Crippen LogP contribution in [0.25, 0.3) is 5.69 Å². The zero-order valence-electron chi connectivity index (χ0n) is 12.0. The van der Waals surface area contributed by atoms with E-state index in [1.54, 1.807) is 12.5 Å². The molecule has 1 saturated heterocycles. The molecule has 0 spiro atoms. The molecule has 1 aliphatic rings. The number of nitrogens with one attached hydrogen (secondary N) is 2. The Morgan fingerprint density at radius 3 is 2.90 bits per heavy atom. The number of aromatic nitrogens is 2. The molecule has 2 heterocycles. The van der Waals surface area contributed by atoms with Crippen LogP contribution < -0.4 is 10.6 Å². The van der Waals surface area contributed by atoms with Gasteiger partial charge in [0.25, 0.3) is 0 Å². The highest BCUT2D eigenvalue weighted by Crippen LogP contribution is 2.15. The fraction of sp³-hybridized carbons (Fsp3) is 0.375. The predicted molar refractivity (Wildman–Crippen MR) is 81.0 cm³/mol. The van der Waals surface area contributed by atoms with Crippen molar-refractivity contribution >= 4 is 5.91 Å². The lowest BCUT2D eigenvalue weighted by atomic mass is 9.97. The van der Waals surface area contributed by atoms with Gasteiger partial charge in [0.15, 0.2) is 0 Å². The summed E-state index contributed by atoms with van der Waals surface area (Å²) < 4.78 is 1.96. The van der Waals surface area contributed by atoms with Crippen LogP contribution in [0.1, 0.15) is 18.4 Å². The number of hydrogen-bond donors (Lipinski definition) is 2. The average molecular weight is 284 g/mol. The molecule has 0 radical (unpaired) electrons. The molecule has 0 aliphatic carbocycles. The summed E-state index contributed by atoms with van der Waals surface area (Å²) in [6, 6.07) is 8.06. The molecule has 5 heteroatoms. The molecular formula is C16H20N4O. The van der Waals surface area contributed by atoms with Gasteiger partial charge in [-0.3, -0.25) is 4.79 Å². The maximum absolute atomic E-state index is 12.2. The second kappa shape index (κ2) is 6.54. The zero-order chi connectivity index (χ0) is 14.5. The minimum absolute atomic E-state index is 0.145. The van der Waals surface area contributed by atoms with Crippen LogP contribution in [0, 0.1) is 5.92 Å². The number of rotatable bonds is 4. The average Bonchev–Trinajstić information content (AvgIpc) is 3.08. The second-order valence-corrected chi connectivity index (χ2v) is 5.34. The zero-order valence-corrected chi connectivity index (χ0v) is 12.0. The van der Waals surface area contributed by atoms with E-state index in [0.717, 1.165) is 37.2 Å². The number of nitrogens with zero attached hydrogens (tertiary/aromatic N) is 2. The lowest BCUT2D eigenvalue weighted by Gasteiger charge is -2.22. The summed E-state index contributed by atoms with van der Waals surface area (Å²) in [7, 11) is 0. The molecular weight excluding hydrogens is 264 g/mol. The van der Waals surface area contributed by atoms with Crippen LogP contribution in [-0.2, 0) is 11.3 Å². The fourth-order valence-corrected chi connectivity index (χ4v) is 2.72. The monoisotopic (exact) mass is 284 g/mol. The summed E-state index contributed by atoms with van der Waals surface area (Å²) in [5, 5.41) is 6.35. The van der Waals surface area contributed by atoms with Crippen molar-refractivity contribution in [2.75, 3.05) is 13.1 Å². The molecule has 110 valence electrons. The van der Waals surface area contributed by atoms with Gasteiger partial charge < -0.3 is 15.2 Å². The smallest absolute Gasteiger partial charge is 0.223 e. The fourth-order valence-electron chi connectivity index (χ4n) is 2.72. The van der Waals surface area contributed by atoms with E-state index in [-0.39, 0.29) is 11.8 Å². The summed E-state index contributed by atoms with van der Waals surface area (Å²) in [4.78, 5) is 16.3. The third-order valence-corrected chi connectivity index (χ3v) is 3.94. The van der Waals surface area contributed by atoms with E-state index < -0.39 is 0 Å². The van der Waals surface area contributed by atoms with Crippen LogP contribution in [-0.4, -0.2) is 28.5 Å². The number of imidazole rings is 1. The Kier molecular flexibility index (Phi) is 4.31. The molecule has 1 fully saturated rings. The topological polar surface area (TPSA) is 59.0 Å². The Morgan fingerprint density at radius 1 is 1.33 bits per heavy atom. The Balaban J connectivity index is 1.66. The first kappa shape index (κ1) is 13.8. The number of carbonyl (C=O) groups is 1. The minimum atomic E-state index is 0.145. The summed E-state index contributed by atoms with van der Waals surface area (Å²) in [5.41, 5.74) is 2.15. The number of hydrogen-bond acceptors (Lipinski definition) is 3. The van der Waals surface area contributed by atoms with Gasteiger partial charge in [0.2, 0.25) is 5.91 Å². The molecule has 2 aromatic rings. The van der Waals surface area contributed by atoms with Crippen molar-refractivity contribution < 1.29 is 4.79 Å². The van der Waals surface area contributed by atoms with Gasteiger partial charge in [-0.2, -0.15) is 0 Å². The van der Waals surface area contributed by atoms with Gasteiger partial charge >= 0.3 is 0 Å². The summed E-state index contributed by atoms with van der Waals surface area (Å²) in [5.74, 6) is 0.309. The number of carbonyl (C=O) groups excluding carboxylic acids is 1. The number of para-hydroxylation sites is 1. The Hall–Kier alpha value is -2.14. The molecule has 0 bridgehead atoms. The Morgan fingerprint density at radius 2 is 2.14 bits per heavy atom. The van der Waals surface area contributed by atoms with Crippen molar-refractivity contribution in [3.8, 4) is 5.69 Å². The molecule has 3 rings (SSSR count). The van der Waals surface area contributed by atoms with E-state index in [4.69, 9.17) is 0 Å². The second-order valence-electron chi connectivity index (χ2n) is 5.34. The predicted octanol–water partition coefficient (Wildman–Crippen LogP) is 1.49. The SMILES string of the molecule is O=C(NCc1ccccc1-n1ccnc1)C1CCNCC1. The van der Waals surface area contributed by atoms with Gasteiger partial charge in [0, 0.05) is 24.9 Å². The summed E-state index contributed by atoms with van der Waals surface area (Å²) >= 11 is 0. The molecule has 0 saturated carbocycles. The van der Waals surface area contributed by atoms with E-state index in [1.165, 1.54) is 0 Å². The molecule has 21 heavy (non-hydrogen) atoms. The maximum atomic E-state index is 12.2. The lowest BCUT2D eigenvalue weighted by molar-refractivity contribution is -0.125. The number of piperidine rings is 1. The quantitative estimate of drug-likeness (QED) is 0.894. The molecule has 1 aromatic heterocycles. The van der Waals surface area contributed by atoms with Crippen molar-refractivity contribution in [1.29, 1.82) is 0 Å². The first-order chi connectivity index (χ1) is 10.3. The highest BCUT2D eigenvalue weighted by atomic mass is 16.1. The normalized spacial score (nSPS) is 15.8. The van der Waals surface area contributed by atoms with Crippen LogP contribution in [0.2, 0.25) is 0 Å². The van der Waals surface area contributed by atoms with E-state index in [1.807, 2.05) is 35.0 Å². The highest BCUT2D eigenvalue weighted by Gasteiger charge is 2.20.